The first kappa shape index (κ1) is 17.3. The number of thiophene rings is 1. The van der Waals surface area contributed by atoms with Crippen LogP contribution < -0.4 is 11.1 Å². The molecule has 0 aliphatic carbocycles. The van der Waals surface area contributed by atoms with Crippen LogP contribution >= 0.6 is 22.7 Å². The van der Waals surface area contributed by atoms with E-state index in [1.165, 1.54) is 11.3 Å². The number of ketones is 1. The maximum atomic E-state index is 12.1. The van der Waals surface area contributed by atoms with Crippen LogP contribution in [0.15, 0.2) is 11.4 Å². The lowest BCUT2D eigenvalue weighted by atomic mass is 10.1. The van der Waals surface area contributed by atoms with Crippen LogP contribution in [0.3, 0.4) is 0 Å². The van der Waals surface area contributed by atoms with Gasteiger partial charge in [0.15, 0.2) is 10.9 Å². The molecule has 0 spiro atoms. The Morgan fingerprint density at radius 2 is 2.00 bits per heavy atom. The normalized spacial score (nSPS) is 10.5. The molecule has 0 radical (unpaired) electrons. The number of Topliss-reactive ketones (excluding diaryl/α,β-unsaturated/α-hetero) is 1. The van der Waals surface area contributed by atoms with Gasteiger partial charge in [-0.15, -0.1) is 22.7 Å². The highest BCUT2D eigenvalue weighted by Crippen LogP contribution is 2.22. The molecule has 122 valence electrons. The van der Waals surface area contributed by atoms with Crippen molar-refractivity contribution in [3.05, 3.63) is 32.5 Å². The minimum Gasteiger partial charge on any atom is -0.369 e. The molecule has 0 fully saturated rings. The number of aromatic nitrogens is 1. The van der Waals surface area contributed by atoms with E-state index in [2.05, 4.69) is 10.3 Å². The Kier molecular flexibility index (Phi) is 5.62. The number of nitrogens with two attached hydrogens (primary N) is 1. The summed E-state index contributed by atoms with van der Waals surface area (Å²) >= 11 is 2.80. The number of thiazole rings is 1. The molecular weight excluding hydrogens is 334 g/mol. The monoisotopic (exact) mass is 351 g/mol. The topological polar surface area (TPSA) is 102 Å². The molecule has 0 saturated heterocycles. The summed E-state index contributed by atoms with van der Waals surface area (Å²) in [5.41, 5.74) is 6.31. The molecule has 8 heteroatoms. The van der Waals surface area contributed by atoms with Gasteiger partial charge in [0.25, 0.3) is 0 Å². The van der Waals surface area contributed by atoms with E-state index in [0.29, 0.717) is 16.4 Å². The zero-order chi connectivity index (χ0) is 17.0. The molecule has 3 N–H and O–H groups in total. The van der Waals surface area contributed by atoms with Crippen molar-refractivity contribution < 1.29 is 14.4 Å². The molecule has 0 aliphatic heterocycles. The van der Waals surface area contributed by atoms with E-state index in [1.54, 1.807) is 16.7 Å². The van der Waals surface area contributed by atoms with E-state index in [-0.39, 0.29) is 31.0 Å². The SMILES string of the molecule is Cc1cc(C(=O)CCC(=O)Nc2nc(CC(N)=O)cs2)c(C)s1. The van der Waals surface area contributed by atoms with Crippen LogP contribution in [0.2, 0.25) is 0 Å². The van der Waals surface area contributed by atoms with E-state index < -0.39 is 5.91 Å². The van der Waals surface area contributed by atoms with Crippen LogP contribution in [0, 0.1) is 13.8 Å². The third-order valence-electron chi connectivity index (χ3n) is 3.07. The van der Waals surface area contributed by atoms with Crippen molar-refractivity contribution in [2.24, 2.45) is 5.73 Å². The molecule has 0 atom stereocenters. The Bertz CT molecular complexity index is 749. The first-order valence-corrected chi connectivity index (χ1v) is 8.67. The Balaban J connectivity index is 1.85. The lowest BCUT2D eigenvalue weighted by Crippen LogP contribution is -2.15. The molecule has 2 amide bonds. The maximum absolute atomic E-state index is 12.1. The number of anilines is 1. The quantitative estimate of drug-likeness (QED) is 0.748. The molecule has 0 unspecified atom stereocenters. The van der Waals surface area contributed by atoms with Gasteiger partial charge in [0.1, 0.15) is 0 Å². The summed E-state index contributed by atoms with van der Waals surface area (Å²) in [6.07, 6.45) is 0.294. The molecule has 6 nitrogen and oxygen atoms in total. The zero-order valence-corrected chi connectivity index (χ0v) is 14.5. The van der Waals surface area contributed by atoms with Crippen molar-refractivity contribution in [3.8, 4) is 0 Å². The highest BCUT2D eigenvalue weighted by molar-refractivity contribution is 7.14. The highest BCUT2D eigenvalue weighted by atomic mass is 32.1. The number of nitrogens with zero attached hydrogens (tertiary/aromatic N) is 1. The summed E-state index contributed by atoms with van der Waals surface area (Å²) in [5.74, 6) is -0.779. The molecule has 2 heterocycles. The van der Waals surface area contributed by atoms with Crippen molar-refractivity contribution in [1.29, 1.82) is 0 Å². The second-order valence-electron chi connectivity index (χ2n) is 5.09. The standard InChI is InChI=1S/C15H17N3O3S2/c1-8-5-11(9(2)23-8)12(19)3-4-14(21)18-15-17-10(7-22-15)6-13(16)20/h5,7H,3-4,6H2,1-2H3,(H2,16,20)(H,17,18,21). The molecule has 0 saturated carbocycles. The summed E-state index contributed by atoms with van der Waals surface area (Å²) < 4.78 is 0. The first-order chi connectivity index (χ1) is 10.8. The molecule has 0 aromatic carbocycles. The third kappa shape index (κ3) is 4.97. The van der Waals surface area contributed by atoms with E-state index in [0.717, 1.165) is 9.75 Å². The molecule has 2 rings (SSSR count). The van der Waals surface area contributed by atoms with Gasteiger partial charge in [0.05, 0.1) is 12.1 Å². The largest absolute Gasteiger partial charge is 0.369 e. The number of rotatable bonds is 7. The van der Waals surface area contributed by atoms with Gasteiger partial charge in [-0.2, -0.15) is 0 Å². The number of nitrogens with one attached hydrogen (secondary N) is 1. The van der Waals surface area contributed by atoms with Gasteiger partial charge in [-0.3, -0.25) is 14.4 Å². The number of carbonyl (C=O) groups excluding carboxylic acids is 3. The van der Waals surface area contributed by atoms with Crippen LogP contribution in [0.4, 0.5) is 5.13 Å². The maximum Gasteiger partial charge on any atom is 0.226 e. The number of hydrogen-bond donors (Lipinski definition) is 2. The van der Waals surface area contributed by atoms with Gasteiger partial charge >= 0.3 is 0 Å². The summed E-state index contributed by atoms with van der Waals surface area (Å²) in [7, 11) is 0. The second kappa shape index (κ2) is 7.47. The minimum absolute atomic E-state index is 0.0319. The van der Waals surface area contributed by atoms with Gasteiger partial charge in [0.2, 0.25) is 11.8 Å². The summed E-state index contributed by atoms with van der Waals surface area (Å²) in [6, 6.07) is 1.86. The van der Waals surface area contributed by atoms with E-state index in [4.69, 9.17) is 5.73 Å². The van der Waals surface area contributed by atoms with Gasteiger partial charge in [-0.05, 0) is 19.9 Å². The van der Waals surface area contributed by atoms with Crippen molar-refractivity contribution >= 4 is 45.4 Å². The van der Waals surface area contributed by atoms with Gasteiger partial charge < -0.3 is 11.1 Å². The minimum atomic E-state index is -0.472. The average molecular weight is 351 g/mol. The lowest BCUT2D eigenvalue weighted by molar-refractivity contribution is -0.117. The molecular formula is C15H17N3O3S2. The Morgan fingerprint density at radius 1 is 1.26 bits per heavy atom. The van der Waals surface area contributed by atoms with E-state index >= 15 is 0 Å². The number of primary amides is 1. The first-order valence-electron chi connectivity index (χ1n) is 6.98. The molecule has 23 heavy (non-hydrogen) atoms. The number of aryl methyl sites for hydroxylation is 2. The fourth-order valence-corrected chi connectivity index (χ4v) is 3.74. The van der Waals surface area contributed by atoms with Crippen LogP contribution in [0.25, 0.3) is 0 Å². The predicted molar refractivity (Wildman–Crippen MR) is 91.0 cm³/mol. The lowest BCUT2D eigenvalue weighted by Gasteiger charge is -2.01. The van der Waals surface area contributed by atoms with Crippen molar-refractivity contribution in [1.82, 2.24) is 4.98 Å². The summed E-state index contributed by atoms with van der Waals surface area (Å²) in [6.45, 7) is 3.86. The van der Waals surface area contributed by atoms with Crippen LogP contribution in [0.5, 0.6) is 0 Å². The molecule has 0 aliphatic rings. The van der Waals surface area contributed by atoms with Crippen molar-refractivity contribution in [2.45, 2.75) is 33.1 Å². The van der Waals surface area contributed by atoms with Crippen LogP contribution in [-0.4, -0.2) is 22.6 Å². The Hall–Kier alpha value is -2.06. The van der Waals surface area contributed by atoms with E-state index in [1.807, 2.05) is 19.9 Å². The molecule has 2 aromatic heterocycles. The summed E-state index contributed by atoms with van der Waals surface area (Å²) in [5, 5.41) is 4.70. The zero-order valence-electron chi connectivity index (χ0n) is 12.8. The van der Waals surface area contributed by atoms with Crippen molar-refractivity contribution in [2.75, 3.05) is 5.32 Å². The Morgan fingerprint density at radius 3 is 2.61 bits per heavy atom. The van der Waals surface area contributed by atoms with Gasteiger partial charge in [0, 0.05) is 33.5 Å². The number of hydrogen-bond acceptors (Lipinski definition) is 6. The Labute approximate surface area is 141 Å². The summed E-state index contributed by atoms with van der Waals surface area (Å²) in [4.78, 5) is 41.0. The highest BCUT2D eigenvalue weighted by Gasteiger charge is 2.14. The number of amides is 2. The fourth-order valence-electron chi connectivity index (χ4n) is 2.08. The van der Waals surface area contributed by atoms with E-state index in [9.17, 15) is 14.4 Å². The second-order valence-corrected chi connectivity index (χ2v) is 7.40. The predicted octanol–water partition coefficient (Wildman–Crippen LogP) is 2.45. The molecule has 0 bridgehead atoms. The van der Waals surface area contributed by atoms with Gasteiger partial charge in [-0.1, -0.05) is 0 Å². The van der Waals surface area contributed by atoms with Crippen molar-refractivity contribution in [3.63, 3.8) is 0 Å². The van der Waals surface area contributed by atoms with Crippen LogP contribution in [-0.2, 0) is 16.0 Å². The average Bonchev–Trinajstić information content (AvgIpc) is 3.01. The third-order valence-corrected chi connectivity index (χ3v) is 4.85. The number of carbonyl (C=O) groups is 3. The van der Waals surface area contributed by atoms with Crippen LogP contribution in [0.1, 0.15) is 38.6 Å². The smallest absolute Gasteiger partial charge is 0.226 e. The fraction of sp³-hybridized carbons (Fsp3) is 0.333. The molecule has 2 aromatic rings. The van der Waals surface area contributed by atoms with Gasteiger partial charge in [-0.25, -0.2) is 4.98 Å².